The molecule has 1 aromatic carbocycles. The van der Waals surface area contributed by atoms with Gasteiger partial charge in [0.25, 0.3) is 0 Å². The van der Waals surface area contributed by atoms with Gasteiger partial charge in [0.2, 0.25) is 0 Å². The second-order valence-electron chi connectivity index (χ2n) is 3.97. The van der Waals surface area contributed by atoms with Crippen molar-refractivity contribution in [1.82, 2.24) is 0 Å². The summed E-state index contributed by atoms with van der Waals surface area (Å²) in [6.45, 7) is 3.95. The van der Waals surface area contributed by atoms with E-state index in [0.29, 0.717) is 6.61 Å². The van der Waals surface area contributed by atoms with Crippen LogP contribution in [0.4, 0.5) is 0 Å². The maximum Gasteiger partial charge on any atom is 0.110 e. The van der Waals surface area contributed by atoms with Crippen LogP contribution in [0.3, 0.4) is 0 Å². The highest BCUT2D eigenvalue weighted by molar-refractivity contribution is 7.70. The largest absolute Gasteiger partial charge is 0.383 e. The van der Waals surface area contributed by atoms with Gasteiger partial charge in [-0.25, -0.2) is 0 Å². The molecule has 5 heteroatoms. The van der Waals surface area contributed by atoms with E-state index < -0.39 is 7.14 Å². The summed E-state index contributed by atoms with van der Waals surface area (Å²) in [5.74, 6) is 0. The molecule has 1 unspecified atom stereocenters. The van der Waals surface area contributed by atoms with Gasteiger partial charge in [-0.1, -0.05) is 24.3 Å². The molecule has 2 N–H and O–H groups in total. The fourth-order valence-corrected chi connectivity index (χ4v) is 2.87. The van der Waals surface area contributed by atoms with Gasteiger partial charge in [0.15, 0.2) is 0 Å². The van der Waals surface area contributed by atoms with Gasteiger partial charge in [-0.3, -0.25) is 0 Å². The molecule has 0 spiro atoms. The number of nitrogens with two attached hydrogens (primary N) is 1. The molecule has 1 rings (SSSR count). The molecule has 0 amide bonds. The van der Waals surface area contributed by atoms with Gasteiger partial charge in [0, 0.05) is 12.4 Å². The standard InChI is InChI=1S/C11H18NO2P.ClH/c1-14-8-10(12)9-6-4-5-7-11(9)15(2,3)13;/h4-7,10H,8,12H2,1-3H3;1H. The first-order chi connectivity index (χ1) is 6.96. The minimum absolute atomic E-state index is 0. The van der Waals surface area contributed by atoms with Gasteiger partial charge >= 0.3 is 0 Å². The lowest BCUT2D eigenvalue weighted by atomic mass is 10.1. The lowest BCUT2D eigenvalue weighted by molar-refractivity contribution is 0.181. The molecule has 0 aliphatic rings. The summed E-state index contributed by atoms with van der Waals surface area (Å²) >= 11 is 0. The van der Waals surface area contributed by atoms with Crippen molar-refractivity contribution in [3.8, 4) is 0 Å². The number of methoxy groups -OCH3 is 1. The third-order valence-electron chi connectivity index (χ3n) is 2.26. The molecule has 1 aromatic rings. The van der Waals surface area contributed by atoms with E-state index in [1.807, 2.05) is 24.3 Å². The average molecular weight is 264 g/mol. The van der Waals surface area contributed by atoms with E-state index in [1.165, 1.54) is 0 Å². The Balaban J connectivity index is 0.00000225. The van der Waals surface area contributed by atoms with Crippen molar-refractivity contribution in [2.45, 2.75) is 6.04 Å². The van der Waals surface area contributed by atoms with Crippen molar-refractivity contribution in [3.05, 3.63) is 29.8 Å². The van der Waals surface area contributed by atoms with Gasteiger partial charge in [0.05, 0.1) is 12.6 Å². The van der Waals surface area contributed by atoms with Gasteiger partial charge in [0.1, 0.15) is 7.14 Å². The van der Waals surface area contributed by atoms with Gasteiger partial charge in [-0.2, -0.15) is 0 Å². The second kappa shape index (κ2) is 6.41. The molecular weight excluding hydrogens is 245 g/mol. The van der Waals surface area contributed by atoms with E-state index in [1.54, 1.807) is 20.4 Å². The van der Waals surface area contributed by atoms with Crippen molar-refractivity contribution >= 4 is 24.9 Å². The maximum absolute atomic E-state index is 12.0. The Labute approximate surface area is 103 Å². The van der Waals surface area contributed by atoms with Gasteiger partial charge in [-0.05, 0) is 18.9 Å². The number of halogens is 1. The minimum atomic E-state index is -2.27. The summed E-state index contributed by atoms with van der Waals surface area (Å²) in [7, 11) is -0.658. The first kappa shape index (κ1) is 15.7. The van der Waals surface area contributed by atoms with Crippen LogP contribution in [0.1, 0.15) is 11.6 Å². The van der Waals surface area contributed by atoms with Gasteiger partial charge < -0.3 is 15.0 Å². The van der Waals surface area contributed by atoms with Crippen molar-refractivity contribution in [1.29, 1.82) is 0 Å². The zero-order chi connectivity index (χ0) is 11.5. The van der Waals surface area contributed by atoms with E-state index in [4.69, 9.17) is 10.5 Å². The Morgan fingerprint density at radius 1 is 1.38 bits per heavy atom. The number of hydrogen-bond acceptors (Lipinski definition) is 3. The zero-order valence-corrected chi connectivity index (χ0v) is 11.6. The predicted molar refractivity (Wildman–Crippen MR) is 71.6 cm³/mol. The second-order valence-corrected chi connectivity index (χ2v) is 7.16. The average Bonchev–Trinajstić information content (AvgIpc) is 2.17. The van der Waals surface area contributed by atoms with Gasteiger partial charge in [-0.15, -0.1) is 12.4 Å². The third-order valence-corrected chi connectivity index (χ3v) is 3.83. The molecule has 16 heavy (non-hydrogen) atoms. The van der Waals surface area contributed by atoms with Crippen LogP contribution in [0, 0.1) is 0 Å². The van der Waals surface area contributed by atoms with Crippen LogP contribution in [-0.4, -0.2) is 27.0 Å². The Morgan fingerprint density at radius 3 is 2.44 bits per heavy atom. The van der Waals surface area contributed by atoms with E-state index >= 15 is 0 Å². The molecule has 92 valence electrons. The lowest BCUT2D eigenvalue weighted by Crippen LogP contribution is -2.23. The fraction of sp³-hybridized carbons (Fsp3) is 0.455. The number of ether oxygens (including phenoxy) is 1. The molecule has 0 aliphatic carbocycles. The lowest BCUT2D eigenvalue weighted by Gasteiger charge is -2.18. The first-order valence-corrected chi connectivity index (χ1v) is 7.46. The molecule has 0 fully saturated rings. The van der Waals surface area contributed by atoms with E-state index in [0.717, 1.165) is 10.9 Å². The first-order valence-electron chi connectivity index (χ1n) is 4.86. The van der Waals surface area contributed by atoms with E-state index in [9.17, 15) is 4.57 Å². The quantitative estimate of drug-likeness (QED) is 0.846. The highest BCUT2D eigenvalue weighted by Crippen LogP contribution is 2.36. The summed E-state index contributed by atoms with van der Waals surface area (Å²) in [5.41, 5.74) is 6.88. The molecule has 0 saturated heterocycles. The predicted octanol–water partition coefficient (Wildman–Crippen LogP) is 2.00. The van der Waals surface area contributed by atoms with E-state index in [-0.39, 0.29) is 18.4 Å². The molecular formula is C11H19ClNO2P. The Kier molecular flexibility index (Phi) is 6.27. The van der Waals surface area contributed by atoms with Crippen molar-refractivity contribution in [2.75, 3.05) is 27.0 Å². The van der Waals surface area contributed by atoms with Crippen molar-refractivity contribution in [2.24, 2.45) is 5.73 Å². The summed E-state index contributed by atoms with van der Waals surface area (Å²) in [6.07, 6.45) is 0. The van der Waals surface area contributed by atoms with Crippen LogP contribution in [-0.2, 0) is 9.30 Å². The van der Waals surface area contributed by atoms with Crippen LogP contribution in [0.15, 0.2) is 24.3 Å². The number of hydrogen-bond donors (Lipinski definition) is 1. The Bertz CT molecular complexity index is 378. The highest BCUT2D eigenvalue weighted by atomic mass is 35.5. The molecule has 0 heterocycles. The summed E-state index contributed by atoms with van der Waals surface area (Å²) in [4.78, 5) is 0. The summed E-state index contributed by atoms with van der Waals surface area (Å²) in [5, 5.41) is 0.856. The van der Waals surface area contributed by atoms with E-state index in [2.05, 4.69) is 0 Å². The summed E-state index contributed by atoms with van der Waals surface area (Å²) < 4.78 is 17.1. The Hall–Kier alpha value is -0.340. The molecule has 3 nitrogen and oxygen atoms in total. The highest BCUT2D eigenvalue weighted by Gasteiger charge is 2.18. The van der Waals surface area contributed by atoms with Crippen LogP contribution in [0.2, 0.25) is 0 Å². The number of rotatable bonds is 4. The number of benzene rings is 1. The van der Waals surface area contributed by atoms with Crippen LogP contribution in [0.25, 0.3) is 0 Å². The minimum Gasteiger partial charge on any atom is -0.383 e. The maximum atomic E-state index is 12.0. The molecule has 0 aromatic heterocycles. The van der Waals surface area contributed by atoms with Crippen molar-refractivity contribution in [3.63, 3.8) is 0 Å². The Morgan fingerprint density at radius 2 is 1.94 bits per heavy atom. The molecule has 0 saturated carbocycles. The van der Waals surface area contributed by atoms with Crippen LogP contribution in [0.5, 0.6) is 0 Å². The molecule has 0 bridgehead atoms. The normalized spacial score (nSPS) is 13.0. The topological polar surface area (TPSA) is 52.3 Å². The van der Waals surface area contributed by atoms with Crippen LogP contribution >= 0.6 is 19.5 Å². The smallest absolute Gasteiger partial charge is 0.110 e. The summed E-state index contributed by atoms with van der Waals surface area (Å²) in [6, 6.07) is 7.38. The zero-order valence-electron chi connectivity index (χ0n) is 9.84. The molecule has 1 atom stereocenters. The van der Waals surface area contributed by atoms with Crippen molar-refractivity contribution < 1.29 is 9.30 Å². The molecule has 0 radical (unpaired) electrons. The van der Waals surface area contributed by atoms with Crippen LogP contribution < -0.4 is 11.0 Å². The monoisotopic (exact) mass is 263 g/mol. The fourth-order valence-electron chi connectivity index (χ4n) is 1.56. The molecule has 0 aliphatic heterocycles. The SMILES string of the molecule is COCC(N)c1ccccc1P(C)(C)=O.Cl. The third kappa shape index (κ3) is 3.91.